The molecule has 100 valence electrons. The number of halogens is 2. The average Bonchev–Trinajstić information content (AvgIpc) is 2.84. The minimum atomic E-state index is 0.165. The number of aliphatic imine (C=N–C) groups is 1. The molecule has 3 nitrogen and oxygen atoms in total. The van der Waals surface area contributed by atoms with E-state index in [2.05, 4.69) is 41.8 Å². The van der Waals surface area contributed by atoms with Crippen LogP contribution in [0.2, 0.25) is 0 Å². The molecular formula is C14H8Br2N2OS. The zero-order valence-electron chi connectivity index (χ0n) is 10.0. The number of aromatic hydroxyl groups is 1. The van der Waals surface area contributed by atoms with Crippen LogP contribution in [0.5, 0.6) is 5.75 Å². The molecule has 1 heterocycles. The molecule has 0 unspecified atom stereocenters. The minimum absolute atomic E-state index is 0.165. The van der Waals surface area contributed by atoms with Crippen LogP contribution >= 0.6 is 43.2 Å². The first kappa shape index (κ1) is 13.7. The average molecular weight is 412 g/mol. The summed E-state index contributed by atoms with van der Waals surface area (Å²) >= 11 is 8.20. The first-order chi connectivity index (χ1) is 9.63. The van der Waals surface area contributed by atoms with Crippen LogP contribution in [-0.2, 0) is 0 Å². The molecule has 0 amide bonds. The van der Waals surface area contributed by atoms with Crippen LogP contribution in [0, 0.1) is 0 Å². The van der Waals surface area contributed by atoms with Crippen LogP contribution in [-0.4, -0.2) is 16.3 Å². The fourth-order valence-electron chi connectivity index (χ4n) is 1.72. The Morgan fingerprint density at radius 3 is 2.80 bits per heavy atom. The molecule has 0 aliphatic carbocycles. The summed E-state index contributed by atoms with van der Waals surface area (Å²) in [4.78, 5) is 8.76. The van der Waals surface area contributed by atoms with Gasteiger partial charge in [-0.3, -0.25) is 0 Å². The minimum Gasteiger partial charge on any atom is -0.506 e. The predicted octanol–water partition coefficient (Wildman–Crippen LogP) is 5.28. The molecule has 0 aliphatic heterocycles. The van der Waals surface area contributed by atoms with Crippen LogP contribution in [0.3, 0.4) is 0 Å². The number of para-hydroxylation sites is 1. The van der Waals surface area contributed by atoms with Gasteiger partial charge in [0.25, 0.3) is 0 Å². The Morgan fingerprint density at radius 1 is 1.20 bits per heavy atom. The molecule has 3 rings (SSSR count). The molecule has 1 aromatic heterocycles. The second kappa shape index (κ2) is 5.63. The zero-order valence-corrected chi connectivity index (χ0v) is 14.0. The standard InChI is InChI=1S/C14H8Br2N2OS/c15-9-5-8(13(19)10(16)6-9)7-17-14-18-11-3-1-2-4-12(11)20-14/h1-7,19H. The van der Waals surface area contributed by atoms with Crippen molar-refractivity contribution >= 4 is 64.8 Å². The number of hydrogen-bond donors (Lipinski definition) is 1. The summed E-state index contributed by atoms with van der Waals surface area (Å²) in [7, 11) is 0. The number of phenolic OH excluding ortho intramolecular Hbond substituents is 1. The van der Waals surface area contributed by atoms with Crippen LogP contribution in [0.4, 0.5) is 5.13 Å². The molecule has 2 aromatic carbocycles. The molecule has 0 radical (unpaired) electrons. The van der Waals surface area contributed by atoms with Gasteiger partial charge in [0.05, 0.1) is 14.7 Å². The Hall–Kier alpha value is -1.24. The highest BCUT2D eigenvalue weighted by molar-refractivity contribution is 9.11. The maximum atomic E-state index is 9.96. The lowest BCUT2D eigenvalue weighted by Gasteiger charge is -2.02. The van der Waals surface area contributed by atoms with Crippen molar-refractivity contribution in [2.75, 3.05) is 0 Å². The van der Waals surface area contributed by atoms with E-state index in [0.29, 0.717) is 15.2 Å². The lowest BCUT2D eigenvalue weighted by Crippen LogP contribution is -1.84. The molecule has 6 heteroatoms. The first-order valence-electron chi connectivity index (χ1n) is 5.71. The number of thiazole rings is 1. The van der Waals surface area contributed by atoms with Crippen molar-refractivity contribution in [1.82, 2.24) is 4.98 Å². The number of fused-ring (bicyclic) bond motifs is 1. The van der Waals surface area contributed by atoms with E-state index >= 15 is 0 Å². The third-order valence-corrected chi connectivity index (χ3v) is 4.66. The van der Waals surface area contributed by atoms with Gasteiger partial charge in [-0.05, 0) is 40.2 Å². The van der Waals surface area contributed by atoms with E-state index in [9.17, 15) is 5.11 Å². The summed E-state index contributed by atoms with van der Waals surface area (Å²) < 4.78 is 2.59. The van der Waals surface area contributed by atoms with Gasteiger partial charge < -0.3 is 5.11 Å². The van der Waals surface area contributed by atoms with Crippen molar-refractivity contribution in [3.05, 3.63) is 50.9 Å². The first-order valence-corrected chi connectivity index (χ1v) is 8.11. The summed E-state index contributed by atoms with van der Waals surface area (Å²) in [6, 6.07) is 11.5. The van der Waals surface area contributed by atoms with Crippen molar-refractivity contribution in [3.63, 3.8) is 0 Å². The van der Waals surface area contributed by atoms with Crippen LogP contribution in [0.15, 0.2) is 50.3 Å². The van der Waals surface area contributed by atoms with E-state index < -0.39 is 0 Å². The summed E-state index contributed by atoms with van der Waals surface area (Å²) in [6.07, 6.45) is 1.61. The summed E-state index contributed by atoms with van der Waals surface area (Å²) in [5, 5.41) is 10.6. The molecule has 0 atom stereocenters. The lowest BCUT2D eigenvalue weighted by molar-refractivity contribution is 0.471. The summed E-state index contributed by atoms with van der Waals surface area (Å²) in [6.45, 7) is 0. The molecule has 0 bridgehead atoms. The van der Waals surface area contributed by atoms with Gasteiger partial charge in [0.2, 0.25) is 5.13 Å². The lowest BCUT2D eigenvalue weighted by atomic mass is 10.2. The Bertz CT molecular complexity index is 781. The van der Waals surface area contributed by atoms with Crippen LogP contribution in [0.1, 0.15) is 5.56 Å². The quantitative estimate of drug-likeness (QED) is 0.583. The second-order valence-electron chi connectivity index (χ2n) is 4.05. The maximum absolute atomic E-state index is 9.96. The fourth-order valence-corrected chi connectivity index (χ4v) is 3.79. The van der Waals surface area contributed by atoms with E-state index in [1.807, 2.05) is 24.3 Å². The molecular weight excluding hydrogens is 404 g/mol. The Balaban J connectivity index is 1.98. The molecule has 0 spiro atoms. The Morgan fingerprint density at radius 2 is 2.00 bits per heavy atom. The van der Waals surface area contributed by atoms with Crippen molar-refractivity contribution in [2.24, 2.45) is 4.99 Å². The largest absolute Gasteiger partial charge is 0.506 e. The summed E-state index contributed by atoms with van der Waals surface area (Å²) in [5.74, 6) is 0.165. The van der Waals surface area contributed by atoms with Gasteiger partial charge in [-0.25, -0.2) is 9.98 Å². The van der Waals surface area contributed by atoms with E-state index in [-0.39, 0.29) is 5.75 Å². The SMILES string of the molecule is Oc1c(Br)cc(Br)cc1C=Nc1nc2ccccc2s1. The van der Waals surface area contributed by atoms with E-state index in [1.54, 1.807) is 18.3 Å². The Labute approximate surface area is 136 Å². The fraction of sp³-hybridized carbons (Fsp3) is 0. The third-order valence-electron chi connectivity index (χ3n) is 2.65. The number of hydrogen-bond acceptors (Lipinski definition) is 4. The highest BCUT2D eigenvalue weighted by atomic mass is 79.9. The second-order valence-corrected chi connectivity index (χ2v) is 6.83. The topological polar surface area (TPSA) is 45.5 Å². The molecule has 3 aromatic rings. The molecule has 20 heavy (non-hydrogen) atoms. The summed E-state index contributed by atoms with van der Waals surface area (Å²) in [5.41, 5.74) is 1.56. The monoisotopic (exact) mass is 410 g/mol. The molecule has 0 saturated carbocycles. The van der Waals surface area contributed by atoms with Crippen LogP contribution < -0.4 is 0 Å². The van der Waals surface area contributed by atoms with Crippen molar-refractivity contribution in [3.8, 4) is 5.75 Å². The Kier molecular flexibility index (Phi) is 3.87. The predicted molar refractivity (Wildman–Crippen MR) is 90.4 cm³/mol. The normalized spacial score (nSPS) is 11.5. The van der Waals surface area contributed by atoms with Crippen molar-refractivity contribution < 1.29 is 5.11 Å². The van der Waals surface area contributed by atoms with E-state index in [4.69, 9.17) is 0 Å². The van der Waals surface area contributed by atoms with Gasteiger partial charge >= 0.3 is 0 Å². The molecule has 1 N–H and O–H groups in total. The number of benzene rings is 2. The van der Waals surface area contributed by atoms with Crippen molar-refractivity contribution in [2.45, 2.75) is 0 Å². The van der Waals surface area contributed by atoms with Gasteiger partial charge in [0.1, 0.15) is 5.75 Å². The van der Waals surface area contributed by atoms with Crippen molar-refractivity contribution in [1.29, 1.82) is 0 Å². The van der Waals surface area contributed by atoms with Gasteiger partial charge in [0.15, 0.2) is 0 Å². The zero-order chi connectivity index (χ0) is 14.1. The molecule has 0 saturated heterocycles. The number of nitrogens with zero attached hydrogens (tertiary/aromatic N) is 2. The van der Waals surface area contributed by atoms with Gasteiger partial charge in [0, 0.05) is 16.3 Å². The maximum Gasteiger partial charge on any atom is 0.210 e. The molecule has 0 fully saturated rings. The molecule has 0 aliphatic rings. The number of aromatic nitrogens is 1. The van der Waals surface area contributed by atoms with E-state index in [0.717, 1.165) is 14.7 Å². The number of phenols is 1. The van der Waals surface area contributed by atoms with Gasteiger partial charge in [-0.2, -0.15) is 0 Å². The van der Waals surface area contributed by atoms with Gasteiger partial charge in [-0.15, -0.1) is 0 Å². The smallest absolute Gasteiger partial charge is 0.210 e. The van der Waals surface area contributed by atoms with E-state index in [1.165, 1.54) is 11.3 Å². The number of rotatable bonds is 2. The highest BCUT2D eigenvalue weighted by Gasteiger charge is 2.06. The van der Waals surface area contributed by atoms with Crippen LogP contribution in [0.25, 0.3) is 10.2 Å². The van der Waals surface area contributed by atoms with Gasteiger partial charge in [-0.1, -0.05) is 39.4 Å². The highest BCUT2D eigenvalue weighted by Crippen LogP contribution is 2.32. The third kappa shape index (κ3) is 2.77.